The van der Waals surface area contributed by atoms with Crippen LogP contribution in [0.2, 0.25) is 0 Å². The van der Waals surface area contributed by atoms with Crippen LogP contribution in [0.4, 0.5) is 28.8 Å². The number of hydrogen-bond donors (Lipinski definition) is 3. The lowest BCUT2D eigenvalue weighted by Crippen LogP contribution is -2.11. The quantitative estimate of drug-likeness (QED) is 0.511. The first-order valence-electron chi connectivity index (χ1n) is 9.90. The molecule has 1 aliphatic rings. The Balaban J connectivity index is 1.41. The Bertz CT molecular complexity index is 995. The molecule has 29 heavy (non-hydrogen) atoms. The number of carbonyl (C=O) groups is 1. The summed E-state index contributed by atoms with van der Waals surface area (Å²) in [5, 5.41) is 9.48. The Kier molecular flexibility index (Phi) is 5.42. The molecule has 148 valence electrons. The summed E-state index contributed by atoms with van der Waals surface area (Å²) in [6, 6.07) is 17.6. The van der Waals surface area contributed by atoms with E-state index in [1.807, 2.05) is 49.4 Å². The third kappa shape index (κ3) is 5.54. The molecule has 0 unspecified atom stereocenters. The van der Waals surface area contributed by atoms with Crippen LogP contribution in [0.15, 0.2) is 54.6 Å². The molecule has 1 fully saturated rings. The van der Waals surface area contributed by atoms with Crippen molar-refractivity contribution in [3.63, 3.8) is 0 Å². The van der Waals surface area contributed by atoms with Crippen molar-refractivity contribution < 1.29 is 4.79 Å². The fourth-order valence-electron chi connectivity index (χ4n) is 3.04. The lowest BCUT2D eigenvalue weighted by atomic mass is 10.2. The van der Waals surface area contributed by atoms with Gasteiger partial charge in [-0.2, -0.15) is 4.98 Å². The minimum atomic E-state index is 0.0852. The van der Waals surface area contributed by atoms with Gasteiger partial charge in [0.2, 0.25) is 11.9 Å². The van der Waals surface area contributed by atoms with Crippen LogP contribution in [0, 0.1) is 19.8 Å². The SMILES string of the molecule is Cc1ccc(Nc2cc(C)nc(Nc3ccc(NC(=O)CC4CC4)cc3)n2)cc1. The van der Waals surface area contributed by atoms with Gasteiger partial charge in [0.05, 0.1) is 0 Å². The van der Waals surface area contributed by atoms with Gasteiger partial charge in [-0.1, -0.05) is 17.7 Å². The van der Waals surface area contributed by atoms with Crippen molar-refractivity contribution in [2.45, 2.75) is 33.1 Å². The van der Waals surface area contributed by atoms with E-state index < -0.39 is 0 Å². The zero-order chi connectivity index (χ0) is 20.2. The van der Waals surface area contributed by atoms with Crippen LogP contribution in [0.5, 0.6) is 0 Å². The lowest BCUT2D eigenvalue weighted by Gasteiger charge is -2.11. The second kappa shape index (κ2) is 8.31. The zero-order valence-corrected chi connectivity index (χ0v) is 16.7. The minimum absolute atomic E-state index is 0.0852. The number of nitrogens with one attached hydrogen (secondary N) is 3. The van der Waals surface area contributed by atoms with Crippen molar-refractivity contribution >= 4 is 34.7 Å². The van der Waals surface area contributed by atoms with E-state index >= 15 is 0 Å². The van der Waals surface area contributed by atoms with Crippen LogP contribution in [-0.2, 0) is 4.79 Å². The van der Waals surface area contributed by atoms with E-state index in [1.165, 1.54) is 18.4 Å². The maximum Gasteiger partial charge on any atom is 0.229 e. The van der Waals surface area contributed by atoms with E-state index in [9.17, 15) is 4.79 Å². The molecule has 4 rings (SSSR count). The molecule has 1 aromatic heterocycles. The molecule has 6 heteroatoms. The summed E-state index contributed by atoms with van der Waals surface area (Å²) in [7, 11) is 0. The van der Waals surface area contributed by atoms with Crippen molar-refractivity contribution in [2.75, 3.05) is 16.0 Å². The van der Waals surface area contributed by atoms with Crippen LogP contribution >= 0.6 is 0 Å². The highest BCUT2D eigenvalue weighted by Crippen LogP contribution is 2.32. The highest BCUT2D eigenvalue weighted by molar-refractivity contribution is 5.91. The molecule has 1 amide bonds. The lowest BCUT2D eigenvalue weighted by molar-refractivity contribution is -0.116. The van der Waals surface area contributed by atoms with Crippen LogP contribution in [0.25, 0.3) is 0 Å². The first-order valence-corrected chi connectivity index (χ1v) is 9.90. The highest BCUT2D eigenvalue weighted by Gasteiger charge is 2.24. The molecular weight excluding hydrogens is 362 g/mol. The predicted molar refractivity (Wildman–Crippen MR) is 117 cm³/mol. The van der Waals surface area contributed by atoms with Gasteiger partial charge in [-0.3, -0.25) is 4.79 Å². The summed E-state index contributed by atoms with van der Waals surface area (Å²) in [5.41, 5.74) is 4.71. The van der Waals surface area contributed by atoms with Crippen LogP contribution in [-0.4, -0.2) is 15.9 Å². The van der Waals surface area contributed by atoms with Crippen molar-refractivity contribution in [2.24, 2.45) is 5.92 Å². The van der Waals surface area contributed by atoms with E-state index in [1.54, 1.807) is 0 Å². The molecule has 3 N–H and O–H groups in total. The number of aromatic nitrogens is 2. The average molecular weight is 387 g/mol. The smallest absolute Gasteiger partial charge is 0.229 e. The Labute approximate surface area is 170 Å². The maximum atomic E-state index is 11.9. The van der Waals surface area contributed by atoms with Crippen molar-refractivity contribution in [3.05, 3.63) is 65.9 Å². The Morgan fingerprint density at radius 2 is 1.52 bits per heavy atom. The summed E-state index contributed by atoms with van der Waals surface area (Å²) in [4.78, 5) is 20.9. The standard InChI is InChI=1S/C23H25N5O/c1-15-3-7-18(8-4-15)25-21-13-16(2)24-23(28-21)27-20-11-9-19(10-12-20)26-22(29)14-17-5-6-17/h3-4,7-13,17H,5-6,14H2,1-2H3,(H,26,29)(H2,24,25,27,28). The molecule has 1 aliphatic carbocycles. The minimum Gasteiger partial charge on any atom is -0.340 e. The number of benzene rings is 2. The predicted octanol–water partition coefficient (Wildman–Crippen LogP) is 5.32. The molecule has 0 bridgehead atoms. The van der Waals surface area contributed by atoms with Crippen LogP contribution in [0.3, 0.4) is 0 Å². The summed E-state index contributed by atoms with van der Waals surface area (Å²) in [5.74, 6) is 1.91. The average Bonchev–Trinajstić information content (AvgIpc) is 3.49. The summed E-state index contributed by atoms with van der Waals surface area (Å²) in [6.45, 7) is 4.00. The summed E-state index contributed by atoms with van der Waals surface area (Å²) >= 11 is 0. The maximum absolute atomic E-state index is 11.9. The van der Waals surface area contributed by atoms with Gasteiger partial charge in [-0.25, -0.2) is 4.98 Å². The normalized spacial score (nSPS) is 13.0. The molecule has 0 radical (unpaired) electrons. The fourth-order valence-corrected chi connectivity index (χ4v) is 3.04. The molecule has 0 spiro atoms. The van der Waals surface area contributed by atoms with E-state index in [0.29, 0.717) is 18.3 Å². The van der Waals surface area contributed by atoms with Gasteiger partial charge >= 0.3 is 0 Å². The van der Waals surface area contributed by atoms with E-state index in [4.69, 9.17) is 0 Å². The van der Waals surface area contributed by atoms with Crippen molar-refractivity contribution in [1.82, 2.24) is 9.97 Å². The van der Waals surface area contributed by atoms with Gasteiger partial charge in [0.1, 0.15) is 5.82 Å². The molecule has 6 nitrogen and oxygen atoms in total. The fraction of sp³-hybridized carbons (Fsp3) is 0.261. The number of rotatable bonds is 7. The van der Waals surface area contributed by atoms with E-state index in [0.717, 1.165) is 28.6 Å². The molecule has 0 atom stereocenters. The third-order valence-corrected chi connectivity index (χ3v) is 4.77. The third-order valence-electron chi connectivity index (χ3n) is 4.77. The second-order valence-corrected chi connectivity index (χ2v) is 7.61. The summed E-state index contributed by atoms with van der Waals surface area (Å²) in [6.07, 6.45) is 2.97. The molecule has 2 aromatic carbocycles. The first-order chi connectivity index (χ1) is 14.0. The number of aryl methyl sites for hydroxylation is 2. The monoisotopic (exact) mass is 387 g/mol. The molecule has 1 saturated carbocycles. The van der Waals surface area contributed by atoms with Crippen LogP contribution < -0.4 is 16.0 Å². The van der Waals surface area contributed by atoms with Gasteiger partial charge in [0, 0.05) is 35.2 Å². The summed E-state index contributed by atoms with van der Waals surface area (Å²) < 4.78 is 0. The van der Waals surface area contributed by atoms with E-state index in [-0.39, 0.29) is 5.91 Å². The Hall–Kier alpha value is -3.41. The van der Waals surface area contributed by atoms with Gasteiger partial charge < -0.3 is 16.0 Å². The second-order valence-electron chi connectivity index (χ2n) is 7.61. The van der Waals surface area contributed by atoms with E-state index in [2.05, 4.69) is 45.0 Å². The Morgan fingerprint density at radius 1 is 0.897 bits per heavy atom. The molecule has 3 aromatic rings. The Morgan fingerprint density at radius 3 is 2.21 bits per heavy atom. The van der Waals surface area contributed by atoms with Gasteiger partial charge in [0.25, 0.3) is 0 Å². The molecular formula is C23H25N5O. The number of nitrogens with zero attached hydrogens (tertiary/aromatic N) is 2. The van der Waals surface area contributed by atoms with Crippen LogP contribution in [0.1, 0.15) is 30.5 Å². The van der Waals surface area contributed by atoms with Gasteiger partial charge in [0.15, 0.2) is 0 Å². The number of anilines is 5. The number of carbonyl (C=O) groups excluding carboxylic acids is 1. The molecule has 0 aliphatic heterocycles. The number of hydrogen-bond acceptors (Lipinski definition) is 5. The van der Waals surface area contributed by atoms with Crippen molar-refractivity contribution in [1.29, 1.82) is 0 Å². The first kappa shape index (κ1) is 18.9. The largest absolute Gasteiger partial charge is 0.340 e. The molecule has 0 saturated heterocycles. The number of amides is 1. The highest BCUT2D eigenvalue weighted by atomic mass is 16.1. The van der Waals surface area contributed by atoms with Gasteiger partial charge in [-0.15, -0.1) is 0 Å². The zero-order valence-electron chi connectivity index (χ0n) is 16.7. The molecule has 1 heterocycles. The topological polar surface area (TPSA) is 78.9 Å². The van der Waals surface area contributed by atoms with Crippen molar-refractivity contribution in [3.8, 4) is 0 Å². The van der Waals surface area contributed by atoms with Gasteiger partial charge in [-0.05, 0) is 69.0 Å².